The number of sulfone groups is 1. The van der Waals surface area contributed by atoms with E-state index in [9.17, 15) is 23.6 Å². The molecule has 21 heavy (non-hydrogen) atoms. The van der Waals surface area contributed by atoms with E-state index in [0.717, 1.165) is 24.3 Å². The van der Waals surface area contributed by atoms with E-state index in [-0.39, 0.29) is 19.8 Å². The predicted octanol–water partition coefficient (Wildman–Crippen LogP) is 3.44. The summed E-state index contributed by atoms with van der Waals surface area (Å²) in [7, 11) is -4.01. The van der Waals surface area contributed by atoms with Gasteiger partial charge in [-0.15, -0.1) is 0 Å². The largest absolute Gasteiger partial charge is 0.502 e. The minimum absolute atomic E-state index is 0.0472. The Balaban J connectivity index is 2.61. The van der Waals surface area contributed by atoms with Crippen LogP contribution in [0.15, 0.2) is 46.2 Å². The molecular formula is C12H7Cl2NO5S. The van der Waals surface area contributed by atoms with Crippen molar-refractivity contribution in [3.63, 3.8) is 0 Å². The summed E-state index contributed by atoms with van der Waals surface area (Å²) in [4.78, 5) is 9.39. The first-order valence-electron chi connectivity index (χ1n) is 5.41. The molecule has 0 radical (unpaired) electrons. The molecular weight excluding hydrogens is 341 g/mol. The minimum atomic E-state index is -4.01. The number of nitro benzene ring substituents is 1. The van der Waals surface area contributed by atoms with Crippen LogP contribution in [0.25, 0.3) is 0 Å². The monoisotopic (exact) mass is 347 g/mol. The van der Waals surface area contributed by atoms with Gasteiger partial charge in [0, 0.05) is 6.07 Å². The third kappa shape index (κ3) is 2.94. The highest BCUT2D eigenvalue weighted by molar-refractivity contribution is 7.91. The standard InChI is InChI=1S/C12H7Cl2NO5S/c13-9-3-1-7(5-10(9)14)21(19,20)8-2-4-12(16)11(6-8)15(17)18/h1-6,16H. The third-order valence-electron chi connectivity index (χ3n) is 2.66. The van der Waals surface area contributed by atoms with Crippen LogP contribution >= 0.6 is 23.2 Å². The van der Waals surface area contributed by atoms with Crippen LogP contribution in [0.3, 0.4) is 0 Å². The van der Waals surface area contributed by atoms with Crippen molar-refractivity contribution in [1.82, 2.24) is 0 Å². The molecule has 0 atom stereocenters. The van der Waals surface area contributed by atoms with E-state index >= 15 is 0 Å². The molecule has 0 amide bonds. The van der Waals surface area contributed by atoms with Crippen LogP contribution in [0.5, 0.6) is 5.75 Å². The van der Waals surface area contributed by atoms with Gasteiger partial charge in [0.1, 0.15) is 0 Å². The highest BCUT2D eigenvalue weighted by atomic mass is 35.5. The fraction of sp³-hybridized carbons (Fsp3) is 0. The van der Waals surface area contributed by atoms with Crippen LogP contribution in [0.4, 0.5) is 5.69 Å². The Labute approximate surface area is 129 Å². The van der Waals surface area contributed by atoms with E-state index in [4.69, 9.17) is 23.2 Å². The number of phenolic OH excluding ortho intramolecular Hbond substituents is 1. The molecule has 2 aromatic carbocycles. The van der Waals surface area contributed by atoms with Gasteiger partial charge >= 0.3 is 5.69 Å². The van der Waals surface area contributed by atoms with Crippen molar-refractivity contribution in [3.8, 4) is 5.75 Å². The Morgan fingerprint density at radius 1 is 1.00 bits per heavy atom. The van der Waals surface area contributed by atoms with Crippen LogP contribution < -0.4 is 0 Å². The molecule has 0 aliphatic carbocycles. The molecule has 0 spiro atoms. The Bertz CT molecular complexity index is 836. The lowest BCUT2D eigenvalue weighted by molar-refractivity contribution is -0.386. The molecule has 9 heteroatoms. The maximum absolute atomic E-state index is 12.4. The molecule has 0 unspecified atom stereocenters. The smallest absolute Gasteiger partial charge is 0.312 e. The summed E-state index contributed by atoms with van der Waals surface area (Å²) < 4.78 is 24.8. The quantitative estimate of drug-likeness (QED) is 0.677. The molecule has 0 aliphatic rings. The molecule has 6 nitrogen and oxygen atoms in total. The maximum atomic E-state index is 12.4. The van der Waals surface area contributed by atoms with Gasteiger partial charge in [0.2, 0.25) is 9.84 Å². The average molecular weight is 348 g/mol. The minimum Gasteiger partial charge on any atom is -0.502 e. The van der Waals surface area contributed by atoms with Gasteiger partial charge in [0.15, 0.2) is 5.75 Å². The number of hydrogen-bond acceptors (Lipinski definition) is 5. The number of rotatable bonds is 3. The number of nitrogens with zero attached hydrogens (tertiary/aromatic N) is 1. The summed E-state index contributed by atoms with van der Waals surface area (Å²) in [6.45, 7) is 0. The van der Waals surface area contributed by atoms with Crippen molar-refractivity contribution in [3.05, 3.63) is 56.6 Å². The van der Waals surface area contributed by atoms with Crippen LogP contribution in [0.1, 0.15) is 0 Å². The molecule has 0 fully saturated rings. The Morgan fingerprint density at radius 3 is 2.14 bits per heavy atom. The van der Waals surface area contributed by atoms with Gasteiger partial charge in [-0.1, -0.05) is 23.2 Å². The number of halogens is 2. The molecule has 110 valence electrons. The first kappa shape index (κ1) is 15.6. The number of phenols is 1. The molecule has 0 saturated carbocycles. The molecule has 0 heterocycles. The molecule has 0 aliphatic heterocycles. The zero-order valence-electron chi connectivity index (χ0n) is 10.2. The second-order valence-corrected chi connectivity index (χ2v) is 6.75. The van der Waals surface area contributed by atoms with Crippen molar-refractivity contribution < 1.29 is 18.4 Å². The SMILES string of the molecule is O=[N+]([O-])c1cc(S(=O)(=O)c2ccc(Cl)c(Cl)c2)ccc1O. The maximum Gasteiger partial charge on any atom is 0.312 e. The van der Waals surface area contributed by atoms with Gasteiger partial charge < -0.3 is 5.11 Å². The van der Waals surface area contributed by atoms with Crippen molar-refractivity contribution >= 4 is 38.7 Å². The molecule has 0 saturated heterocycles. The average Bonchev–Trinajstić information content (AvgIpc) is 2.41. The fourth-order valence-electron chi connectivity index (χ4n) is 1.60. The van der Waals surface area contributed by atoms with Gasteiger partial charge in [-0.05, 0) is 30.3 Å². The summed E-state index contributed by atoms with van der Waals surface area (Å²) in [5.41, 5.74) is -0.698. The van der Waals surface area contributed by atoms with Crippen molar-refractivity contribution in [1.29, 1.82) is 0 Å². The van der Waals surface area contributed by atoms with Crippen molar-refractivity contribution in [2.24, 2.45) is 0 Å². The summed E-state index contributed by atoms with van der Waals surface area (Å²) in [5.74, 6) is -0.618. The van der Waals surface area contributed by atoms with Gasteiger partial charge in [-0.3, -0.25) is 10.1 Å². The number of aromatic hydroxyl groups is 1. The lowest BCUT2D eigenvalue weighted by Crippen LogP contribution is -2.03. The summed E-state index contributed by atoms with van der Waals surface area (Å²) >= 11 is 11.5. The van der Waals surface area contributed by atoms with Crippen LogP contribution in [0.2, 0.25) is 10.0 Å². The zero-order valence-corrected chi connectivity index (χ0v) is 12.5. The molecule has 0 aromatic heterocycles. The first-order valence-corrected chi connectivity index (χ1v) is 7.65. The first-order chi connectivity index (χ1) is 9.73. The Hall–Kier alpha value is -1.83. The predicted molar refractivity (Wildman–Crippen MR) is 76.7 cm³/mol. The molecule has 0 bridgehead atoms. The molecule has 2 rings (SSSR count). The normalized spacial score (nSPS) is 11.3. The van der Waals surface area contributed by atoms with E-state index in [0.29, 0.717) is 0 Å². The van der Waals surface area contributed by atoms with Crippen molar-refractivity contribution in [2.75, 3.05) is 0 Å². The molecule has 2 aromatic rings. The van der Waals surface area contributed by atoms with E-state index < -0.39 is 26.2 Å². The van der Waals surface area contributed by atoms with Gasteiger partial charge in [0.25, 0.3) is 0 Å². The Kier molecular flexibility index (Phi) is 4.08. The Morgan fingerprint density at radius 2 is 1.57 bits per heavy atom. The van der Waals surface area contributed by atoms with E-state index in [1.54, 1.807) is 0 Å². The van der Waals surface area contributed by atoms with Gasteiger partial charge in [0.05, 0.1) is 24.8 Å². The van der Waals surface area contributed by atoms with E-state index in [2.05, 4.69) is 0 Å². The summed E-state index contributed by atoms with van der Waals surface area (Å²) in [5, 5.41) is 20.3. The zero-order chi connectivity index (χ0) is 15.8. The van der Waals surface area contributed by atoms with Gasteiger partial charge in [-0.25, -0.2) is 8.42 Å². The number of hydrogen-bond donors (Lipinski definition) is 1. The van der Waals surface area contributed by atoms with Crippen LogP contribution in [-0.4, -0.2) is 18.4 Å². The lowest BCUT2D eigenvalue weighted by atomic mass is 10.3. The summed E-state index contributed by atoms with van der Waals surface area (Å²) in [6.07, 6.45) is 0. The second-order valence-electron chi connectivity index (χ2n) is 3.99. The topological polar surface area (TPSA) is 97.5 Å². The van der Waals surface area contributed by atoms with Crippen LogP contribution in [0, 0.1) is 10.1 Å². The highest BCUT2D eigenvalue weighted by Crippen LogP contribution is 2.32. The van der Waals surface area contributed by atoms with E-state index in [1.165, 1.54) is 12.1 Å². The summed E-state index contributed by atoms with van der Waals surface area (Å²) in [6, 6.07) is 6.50. The van der Waals surface area contributed by atoms with E-state index in [1.807, 2.05) is 0 Å². The lowest BCUT2D eigenvalue weighted by Gasteiger charge is -2.06. The fourth-order valence-corrected chi connectivity index (χ4v) is 3.27. The van der Waals surface area contributed by atoms with Crippen molar-refractivity contribution in [2.45, 2.75) is 9.79 Å². The number of benzene rings is 2. The van der Waals surface area contributed by atoms with Crippen LogP contribution in [-0.2, 0) is 9.84 Å². The second kappa shape index (κ2) is 5.51. The number of nitro groups is 1. The molecule has 1 N–H and O–H groups in total. The highest BCUT2D eigenvalue weighted by Gasteiger charge is 2.23. The van der Waals surface area contributed by atoms with Gasteiger partial charge in [-0.2, -0.15) is 0 Å². The third-order valence-corrected chi connectivity index (χ3v) is 5.14.